The summed E-state index contributed by atoms with van der Waals surface area (Å²) in [7, 11) is 0. The van der Waals surface area contributed by atoms with Gasteiger partial charge < -0.3 is 14.6 Å². The van der Waals surface area contributed by atoms with Crippen LogP contribution < -0.4 is 9.84 Å². The second-order valence-electron chi connectivity index (χ2n) is 6.11. The zero-order valence-electron chi connectivity index (χ0n) is 15.0. The number of halogens is 1. The van der Waals surface area contributed by atoms with Gasteiger partial charge in [-0.2, -0.15) is 4.99 Å². The smallest absolute Gasteiger partial charge is 0.350 e. The molecule has 1 aliphatic rings. The second kappa shape index (κ2) is 8.35. The van der Waals surface area contributed by atoms with Gasteiger partial charge in [0.15, 0.2) is 0 Å². The summed E-state index contributed by atoms with van der Waals surface area (Å²) < 4.78 is 6.41. The molecule has 8 heteroatoms. The van der Waals surface area contributed by atoms with Crippen molar-refractivity contribution >= 4 is 39.5 Å². The Bertz CT molecular complexity index is 986. The third-order valence-corrected chi connectivity index (χ3v) is 4.81. The van der Waals surface area contributed by atoms with Crippen molar-refractivity contribution in [1.29, 1.82) is 0 Å². The Kier molecular flexibility index (Phi) is 5.89. The summed E-state index contributed by atoms with van der Waals surface area (Å²) >= 11 is 3.43. The van der Waals surface area contributed by atoms with Crippen LogP contribution in [-0.2, 0) is 17.8 Å². The molecule has 28 heavy (non-hydrogen) atoms. The Morgan fingerprint density at radius 3 is 2.61 bits per heavy atom. The van der Waals surface area contributed by atoms with Crippen LogP contribution in [0.1, 0.15) is 28.4 Å². The minimum atomic E-state index is -1.24. The number of aromatic carboxylic acids is 1. The van der Waals surface area contributed by atoms with E-state index in [2.05, 4.69) is 20.9 Å². The standard InChI is InChI=1S/C20H17BrN2O5/c1-2-23-18(24)16(22-20(23)27)10-12-6-7-17(15(21)9-12)28-11-13-4-3-5-14(8-13)19(25)26/h3-9H,2,10-11H2,1H3,(H,25,26)/p-1. The number of carboxylic acids is 1. The number of urea groups is 1. The van der Waals surface area contributed by atoms with Gasteiger partial charge in [-0.25, -0.2) is 4.79 Å². The van der Waals surface area contributed by atoms with Gasteiger partial charge in [0.2, 0.25) is 0 Å². The van der Waals surface area contributed by atoms with Crippen LogP contribution >= 0.6 is 15.9 Å². The topological polar surface area (TPSA) is 99.1 Å². The minimum absolute atomic E-state index is 0.0909. The molecular weight excluding hydrogens is 428 g/mol. The van der Waals surface area contributed by atoms with Gasteiger partial charge in [0.1, 0.15) is 18.1 Å². The number of amides is 3. The van der Waals surface area contributed by atoms with Crippen molar-refractivity contribution < 1.29 is 24.2 Å². The highest BCUT2D eigenvalue weighted by atomic mass is 79.9. The van der Waals surface area contributed by atoms with Crippen LogP contribution in [0.25, 0.3) is 0 Å². The van der Waals surface area contributed by atoms with Crippen molar-refractivity contribution in [2.24, 2.45) is 4.99 Å². The van der Waals surface area contributed by atoms with Crippen LogP contribution in [0.4, 0.5) is 4.79 Å². The minimum Gasteiger partial charge on any atom is -0.545 e. The first-order valence-corrected chi connectivity index (χ1v) is 9.33. The molecule has 1 aliphatic heterocycles. The lowest BCUT2D eigenvalue weighted by atomic mass is 10.1. The lowest BCUT2D eigenvalue weighted by Crippen LogP contribution is -2.32. The summed E-state index contributed by atoms with van der Waals surface area (Å²) in [4.78, 5) is 39.6. The second-order valence-corrected chi connectivity index (χ2v) is 6.96. The van der Waals surface area contributed by atoms with Crippen LogP contribution in [0, 0.1) is 0 Å². The summed E-state index contributed by atoms with van der Waals surface area (Å²) in [6.45, 7) is 2.20. The van der Waals surface area contributed by atoms with Crippen LogP contribution in [0.3, 0.4) is 0 Å². The molecule has 0 fully saturated rings. The van der Waals surface area contributed by atoms with Crippen molar-refractivity contribution in [2.75, 3.05) is 6.54 Å². The quantitative estimate of drug-likeness (QED) is 0.653. The maximum absolute atomic E-state index is 12.1. The first-order chi connectivity index (χ1) is 13.4. The summed E-state index contributed by atoms with van der Waals surface area (Å²) in [5, 5.41) is 10.9. The van der Waals surface area contributed by atoms with Gasteiger partial charge in [-0.05, 0) is 57.7 Å². The Balaban J connectivity index is 1.67. The van der Waals surface area contributed by atoms with Gasteiger partial charge in [0, 0.05) is 13.0 Å². The number of benzene rings is 2. The normalized spacial score (nSPS) is 13.6. The number of carboxylic acid groups (broad SMARTS) is 1. The number of imide groups is 1. The highest BCUT2D eigenvalue weighted by molar-refractivity contribution is 9.10. The first-order valence-electron chi connectivity index (χ1n) is 8.54. The number of hydrogen-bond acceptors (Lipinski definition) is 5. The average molecular weight is 444 g/mol. The molecule has 0 unspecified atom stereocenters. The van der Waals surface area contributed by atoms with Gasteiger partial charge in [-0.1, -0.05) is 24.3 Å². The fourth-order valence-corrected chi connectivity index (χ4v) is 3.31. The monoisotopic (exact) mass is 443 g/mol. The Morgan fingerprint density at radius 1 is 1.18 bits per heavy atom. The number of ether oxygens (including phenoxy) is 1. The molecule has 0 atom stereocenters. The molecule has 7 nitrogen and oxygen atoms in total. The van der Waals surface area contributed by atoms with Gasteiger partial charge in [0.25, 0.3) is 5.91 Å². The predicted octanol–water partition coefficient (Wildman–Crippen LogP) is 2.36. The van der Waals surface area contributed by atoms with Gasteiger partial charge in [0.05, 0.1) is 10.4 Å². The van der Waals surface area contributed by atoms with E-state index in [4.69, 9.17) is 4.74 Å². The largest absolute Gasteiger partial charge is 0.545 e. The average Bonchev–Trinajstić information content (AvgIpc) is 2.94. The molecule has 2 aromatic rings. The number of aliphatic imine (C=N–C) groups is 1. The van der Waals surface area contributed by atoms with Crippen molar-refractivity contribution in [2.45, 2.75) is 20.0 Å². The Morgan fingerprint density at radius 2 is 1.96 bits per heavy atom. The molecule has 3 amide bonds. The van der Waals surface area contributed by atoms with E-state index in [1.54, 1.807) is 37.3 Å². The van der Waals surface area contributed by atoms with E-state index in [9.17, 15) is 19.5 Å². The predicted molar refractivity (Wildman–Crippen MR) is 103 cm³/mol. The van der Waals surface area contributed by atoms with Crippen molar-refractivity contribution in [3.8, 4) is 5.75 Å². The van der Waals surface area contributed by atoms with Gasteiger partial charge in [-0.3, -0.25) is 9.69 Å². The van der Waals surface area contributed by atoms with Gasteiger partial charge >= 0.3 is 6.03 Å². The highest BCUT2D eigenvalue weighted by Crippen LogP contribution is 2.27. The number of carbonyl (C=O) groups is 3. The number of hydrogen-bond donors (Lipinski definition) is 0. The number of rotatable bonds is 7. The fraction of sp³-hybridized carbons (Fsp3) is 0.200. The molecule has 0 saturated heterocycles. The summed E-state index contributed by atoms with van der Waals surface area (Å²) in [6, 6.07) is 11.1. The maximum atomic E-state index is 12.1. The number of nitrogens with zero attached hydrogens (tertiary/aromatic N) is 2. The molecule has 0 spiro atoms. The van der Waals surface area contributed by atoms with E-state index >= 15 is 0 Å². The lowest BCUT2D eigenvalue weighted by molar-refractivity contribution is -0.255. The first kappa shape index (κ1) is 19.8. The third-order valence-electron chi connectivity index (χ3n) is 4.19. The van der Waals surface area contributed by atoms with Crippen molar-refractivity contribution in [1.82, 2.24) is 4.90 Å². The SMILES string of the molecule is CCN1C(=O)N=C(Cc2ccc(OCc3cccc(C(=O)[O-])c3)c(Br)c2)C1=O. The van der Waals surface area contributed by atoms with Crippen molar-refractivity contribution in [3.63, 3.8) is 0 Å². The molecule has 144 valence electrons. The molecule has 1 heterocycles. The van der Waals surface area contributed by atoms with Gasteiger partial charge in [-0.15, -0.1) is 0 Å². The summed E-state index contributed by atoms with van der Waals surface area (Å²) in [5.41, 5.74) is 1.80. The Hall–Kier alpha value is -3.00. The summed E-state index contributed by atoms with van der Waals surface area (Å²) in [6.07, 6.45) is 0.244. The van der Waals surface area contributed by atoms with E-state index in [1.807, 2.05) is 0 Å². The van der Waals surface area contributed by atoms with Crippen LogP contribution in [-0.4, -0.2) is 35.1 Å². The van der Waals surface area contributed by atoms with Crippen molar-refractivity contribution in [3.05, 3.63) is 63.6 Å². The molecule has 0 saturated carbocycles. The summed E-state index contributed by atoms with van der Waals surface area (Å²) in [5.74, 6) is -1.04. The molecule has 0 N–H and O–H groups in total. The fourth-order valence-electron chi connectivity index (χ4n) is 2.77. The maximum Gasteiger partial charge on any atom is 0.350 e. The van der Waals surface area contributed by atoms with E-state index in [0.29, 0.717) is 22.3 Å². The van der Waals surface area contributed by atoms with E-state index in [1.165, 1.54) is 12.1 Å². The van der Waals surface area contributed by atoms with Crippen LogP contribution in [0.15, 0.2) is 51.9 Å². The molecular formula is C20H16BrN2O5-. The van der Waals surface area contributed by atoms with E-state index in [-0.39, 0.29) is 30.2 Å². The van der Waals surface area contributed by atoms with E-state index in [0.717, 1.165) is 10.5 Å². The zero-order chi connectivity index (χ0) is 20.3. The third kappa shape index (κ3) is 4.28. The molecule has 0 aromatic heterocycles. The van der Waals surface area contributed by atoms with E-state index < -0.39 is 12.0 Å². The Labute approximate surface area is 169 Å². The molecule has 3 rings (SSSR count). The molecule has 2 aromatic carbocycles. The highest BCUT2D eigenvalue weighted by Gasteiger charge is 2.31. The molecule has 0 aliphatic carbocycles. The molecule has 0 radical (unpaired) electrons. The van der Waals surface area contributed by atoms with Crippen LogP contribution in [0.2, 0.25) is 0 Å². The lowest BCUT2D eigenvalue weighted by Gasteiger charge is -2.11. The number of carbonyl (C=O) groups excluding carboxylic acids is 3. The zero-order valence-corrected chi connectivity index (χ0v) is 16.6. The van der Waals surface area contributed by atoms with Crippen LogP contribution in [0.5, 0.6) is 5.75 Å². The molecule has 0 bridgehead atoms.